The molecule has 196 valence electrons. The monoisotopic (exact) mass is 532 g/mol. The fraction of sp³-hybridized carbons (Fsp3) is 0.172. The summed E-state index contributed by atoms with van der Waals surface area (Å²) < 4.78 is 44.1. The molecular formula is C29H29FN4O3S. The summed E-state index contributed by atoms with van der Waals surface area (Å²) in [5.74, 6) is -0.957. The standard InChI is InChI=1S/C29H29FN4O3S/c1-4-23-14-16-25(17-15-23)33(38(36,37)26-10-6-5-7-11-26)20-29(35)32-31-19-24-18-21(2)34(22(24)3)28-13-9-8-12-27(28)30/h5-19H,4,20H2,1-3H3,(H,32,35)/b31-19-. The summed E-state index contributed by atoms with van der Waals surface area (Å²) >= 11 is 0. The highest BCUT2D eigenvalue weighted by atomic mass is 32.2. The summed E-state index contributed by atoms with van der Waals surface area (Å²) in [6.45, 7) is 5.23. The first-order valence-corrected chi connectivity index (χ1v) is 13.6. The van der Waals surface area contributed by atoms with Gasteiger partial charge in [0.05, 0.1) is 22.5 Å². The molecule has 7 nitrogen and oxygen atoms in total. The van der Waals surface area contributed by atoms with Gasteiger partial charge in [-0.15, -0.1) is 0 Å². The predicted molar refractivity (Wildman–Crippen MR) is 148 cm³/mol. The number of nitrogens with zero attached hydrogens (tertiary/aromatic N) is 3. The Morgan fingerprint density at radius 1 is 1.00 bits per heavy atom. The lowest BCUT2D eigenvalue weighted by Crippen LogP contribution is -2.39. The van der Waals surface area contributed by atoms with Gasteiger partial charge in [0, 0.05) is 17.0 Å². The maximum Gasteiger partial charge on any atom is 0.264 e. The zero-order valence-electron chi connectivity index (χ0n) is 21.4. The van der Waals surface area contributed by atoms with Gasteiger partial charge in [-0.05, 0) is 68.3 Å². The van der Waals surface area contributed by atoms with E-state index in [1.165, 1.54) is 24.4 Å². The molecule has 1 heterocycles. The van der Waals surface area contributed by atoms with Crippen LogP contribution in [0.3, 0.4) is 0 Å². The van der Waals surface area contributed by atoms with Crippen molar-refractivity contribution in [2.24, 2.45) is 5.10 Å². The van der Waals surface area contributed by atoms with Gasteiger partial charge in [0.2, 0.25) is 0 Å². The molecule has 3 aromatic carbocycles. The molecule has 1 N–H and O–H groups in total. The largest absolute Gasteiger partial charge is 0.315 e. The van der Waals surface area contributed by atoms with Crippen LogP contribution >= 0.6 is 0 Å². The number of sulfonamides is 1. The predicted octanol–water partition coefficient (Wildman–Crippen LogP) is 5.14. The van der Waals surface area contributed by atoms with E-state index < -0.39 is 22.5 Å². The Kier molecular flexibility index (Phi) is 8.07. The van der Waals surface area contributed by atoms with E-state index in [2.05, 4.69) is 10.5 Å². The topological polar surface area (TPSA) is 83.8 Å². The third-order valence-corrected chi connectivity index (χ3v) is 8.00. The van der Waals surface area contributed by atoms with Crippen LogP contribution in [0, 0.1) is 19.7 Å². The van der Waals surface area contributed by atoms with E-state index >= 15 is 0 Å². The number of amides is 1. The van der Waals surface area contributed by atoms with Crippen molar-refractivity contribution >= 4 is 27.8 Å². The highest BCUT2D eigenvalue weighted by molar-refractivity contribution is 7.92. The van der Waals surface area contributed by atoms with Gasteiger partial charge in [-0.25, -0.2) is 18.2 Å². The maximum absolute atomic E-state index is 14.4. The summed E-state index contributed by atoms with van der Waals surface area (Å²) in [4.78, 5) is 12.9. The second-order valence-corrected chi connectivity index (χ2v) is 10.6. The number of carbonyl (C=O) groups is 1. The van der Waals surface area contributed by atoms with Crippen LogP contribution in [-0.2, 0) is 21.2 Å². The van der Waals surface area contributed by atoms with Crippen LogP contribution in [0.5, 0.6) is 0 Å². The Morgan fingerprint density at radius 3 is 2.32 bits per heavy atom. The summed E-state index contributed by atoms with van der Waals surface area (Å²) in [6, 6.07) is 23.3. The molecule has 0 aliphatic carbocycles. The summed E-state index contributed by atoms with van der Waals surface area (Å²) in [6.07, 6.45) is 2.27. The molecular weight excluding hydrogens is 503 g/mol. The van der Waals surface area contributed by atoms with Gasteiger partial charge in [0.1, 0.15) is 12.4 Å². The van der Waals surface area contributed by atoms with E-state index in [1.54, 1.807) is 53.1 Å². The van der Waals surface area contributed by atoms with E-state index in [-0.39, 0.29) is 10.7 Å². The molecule has 0 radical (unpaired) electrons. The highest BCUT2D eigenvalue weighted by Crippen LogP contribution is 2.24. The number of aryl methyl sites for hydroxylation is 2. The smallest absolute Gasteiger partial charge is 0.264 e. The van der Waals surface area contributed by atoms with Gasteiger partial charge >= 0.3 is 0 Å². The zero-order chi connectivity index (χ0) is 27.3. The Morgan fingerprint density at radius 2 is 1.66 bits per heavy atom. The molecule has 0 spiro atoms. The normalized spacial score (nSPS) is 11.6. The number of para-hydroxylation sites is 1. The fourth-order valence-corrected chi connectivity index (χ4v) is 5.64. The highest BCUT2D eigenvalue weighted by Gasteiger charge is 2.27. The Balaban J connectivity index is 1.55. The molecule has 0 fully saturated rings. The number of aromatic nitrogens is 1. The minimum absolute atomic E-state index is 0.0800. The average molecular weight is 533 g/mol. The quantitative estimate of drug-likeness (QED) is 0.239. The number of hydrazone groups is 1. The maximum atomic E-state index is 14.4. The molecule has 38 heavy (non-hydrogen) atoms. The number of rotatable bonds is 9. The Labute approximate surface area is 222 Å². The third kappa shape index (κ3) is 5.68. The molecule has 4 rings (SSSR count). The summed E-state index contributed by atoms with van der Waals surface area (Å²) in [5.41, 5.74) is 6.50. The number of hydrogen-bond acceptors (Lipinski definition) is 4. The van der Waals surface area contributed by atoms with E-state index in [1.807, 2.05) is 39.0 Å². The Hall–Kier alpha value is -4.24. The average Bonchev–Trinajstić information content (AvgIpc) is 3.20. The second kappa shape index (κ2) is 11.4. The van der Waals surface area contributed by atoms with Gasteiger partial charge in [0.15, 0.2) is 0 Å². The molecule has 0 saturated heterocycles. The minimum atomic E-state index is -4.01. The first kappa shape index (κ1) is 26.8. The van der Waals surface area contributed by atoms with Crippen LogP contribution in [0.4, 0.5) is 10.1 Å². The van der Waals surface area contributed by atoms with Gasteiger partial charge in [-0.3, -0.25) is 9.10 Å². The van der Waals surface area contributed by atoms with Crippen LogP contribution in [0.15, 0.2) is 94.9 Å². The SMILES string of the molecule is CCc1ccc(N(CC(=O)N/N=C\c2cc(C)n(-c3ccccc3F)c2C)S(=O)(=O)c2ccccc2)cc1. The molecule has 0 atom stereocenters. The van der Waals surface area contributed by atoms with E-state index in [4.69, 9.17) is 0 Å². The van der Waals surface area contributed by atoms with Gasteiger partial charge in [-0.1, -0.05) is 49.4 Å². The number of benzene rings is 3. The van der Waals surface area contributed by atoms with Gasteiger partial charge in [-0.2, -0.15) is 5.10 Å². The van der Waals surface area contributed by atoms with Crippen LogP contribution in [-0.4, -0.2) is 31.7 Å². The lowest BCUT2D eigenvalue weighted by Gasteiger charge is -2.24. The number of anilines is 1. The van der Waals surface area contributed by atoms with E-state index in [0.29, 0.717) is 16.9 Å². The van der Waals surface area contributed by atoms with Crippen LogP contribution in [0.1, 0.15) is 29.4 Å². The summed E-state index contributed by atoms with van der Waals surface area (Å²) in [7, 11) is -4.01. The van der Waals surface area contributed by atoms with Crippen LogP contribution in [0.2, 0.25) is 0 Å². The number of halogens is 1. The number of carbonyl (C=O) groups excluding carboxylic acids is 1. The van der Waals surface area contributed by atoms with Gasteiger partial charge in [0.25, 0.3) is 15.9 Å². The van der Waals surface area contributed by atoms with Crippen molar-refractivity contribution in [3.05, 3.63) is 113 Å². The number of hydrogen-bond donors (Lipinski definition) is 1. The van der Waals surface area contributed by atoms with Crippen molar-refractivity contribution in [1.29, 1.82) is 0 Å². The zero-order valence-corrected chi connectivity index (χ0v) is 22.2. The van der Waals surface area contributed by atoms with Crippen molar-refractivity contribution < 1.29 is 17.6 Å². The molecule has 4 aromatic rings. The lowest BCUT2D eigenvalue weighted by atomic mass is 10.1. The number of nitrogens with one attached hydrogen (secondary N) is 1. The van der Waals surface area contributed by atoms with E-state index in [0.717, 1.165) is 27.7 Å². The van der Waals surface area contributed by atoms with Gasteiger partial charge < -0.3 is 4.57 Å². The van der Waals surface area contributed by atoms with Crippen molar-refractivity contribution in [2.45, 2.75) is 32.1 Å². The molecule has 1 amide bonds. The molecule has 0 bridgehead atoms. The second-order valence-electron chi connectivity index (χ2n) is 8.75. The molecule has 9 heteroatoms. The minimum Gasteiger partial charge on any atom is -0.315 e. The van der Waals surface area contributed by atoms with Crippen molar-refractivity contribution in [1.82, 2.24) is 9.99 Å². The van der Waals surface area contributed by atoms with Crippen LogP contribution in [0.25, 0.3) is 5.69 Å². The van der Waals surface area contributed by atoms with Crippen LogP contribution < -0.4 is 9.73 Å². The van der Waals surface area contributed by atoms with Crippen molar-refractivity contribution in [2.75, 3.05) is 10.8 Å². The third-order valence-electron chi connectivity index (χ3n) is 6.21. The molecule has 0 aliphatic heterocycles. The summed E-state index contributed by atoms with van der Waals surface area (Å²) in [5, 5.41) is 4.05. The molecule has 0 aliphatic rings. The van der Waals surface area contributed by atoms with Crippen molar-refractivity contribution in [3.63, 3.8) is 0 Å². The lowest BCUT2D eigenvalue weighted by molar-refractivity contribution is -0.119. The van der Waals surface area contributed by atoms with Crippen molar-refractivity contribution in [3.8, 4) is 5.69 Å². The fourth-order valence-electron chi connectivity index (χ4n) is 4.19. The first-order chi connectivity index (χ1) is 18.2. The first-order valence-electron chi connectivity index (χ1n) is 12.1. The molecule has 0 unspecified atom stereocenters. The molecule has 0 saturated carbocycles. The molecule has 1 aromatic heterocycles. The Bertz CT molecular complexity index is 1560. The van der Waals surface area contributed by atoms with E-state index in [9.17, 15) is 17.6 Å².